The first-order valence-corrected chi connectivity index (χ1v) is 11.2. The third-order valence-corrected chi connectivity index (χ3v) is 5.36. The van der Waals surface area contributed by atoms with Crippen LogP contribution in [-0.2, 0) is 0 Å². The fraction of sp³-hybridized carbons (Fsp3) is 0.148. The number of carbonyl (C=O) groups is 1. The fourth-order valence-electron chi connectivity index (χ4n) is 3.47. The second-order valence-corrected chi connectivity index (χ2v) is 8.52. The Bertz CT molecular complexity index is 1430. The Balaban J connectivity index is 1.50. The molecule has 0 saturated heterocycles. The number of anilines is 1. The van der Waals surface area contributed by atoms with Gasteiger partial charge < -0.3 is 14.5 Å². The van der Waals surface area contributed by atoms with Crippen LogP contribution in [0.2, 0.25) is 0 Å². The van der Waals surface area contributed by atoms with Crippen molar-refractivity contribution in [2.75, 3.05) is 5.32 Å². The van der Waals surface area contributed by atoms with Gasteiger partial charge in [-0.25, -0.2) is 4.79 Å². The predicted molar refractivity (Wildman–Crippen MR) is 139 cm³/mol. The van der Waals surface area contributed by atoms with Crippen LogP contribution in [0.25, 0.3) is 22.1 Å². The number of aryl methyl sites for hydroxylation is 1. The van der Waals surface area contributed by atoms with Crippen LogP contribution < -0.4 is 21.0 Å². The van der Waals surface area contributed by atoms with Crippen molar-refractivity contribution in [3.63, 3.8) is 0 Å². The van der Waals surface area contributed by atoms with Crippen LogP contribution in [0.3, 0.4) is 0 Å². The SMILES string of the molecule is Cc1ccc(-c2cc3ccccc3oc2=O)cc1NC(=S)NC(=O)c1ccc(OC(C)C)cc1. The van der Waals surface area contributed by atoms with Crippen molar-refractivity contribution >= 4 is 39.9 Å². The number of fused-ring (bicyclic) bond motifs is 1. The fourth-order valence-corrected chi connectivity index (χ4v) is 3.68. The molecule has 0 atom stereocenters. The zero-order valence-corrected chi connectivity index (χ0v) is 19.9. The van der Waals surface area contributed by atoms with E-state index in [2.05, 4.69) is 10.6 Å². The maximum atomic E-state index is 12.6. The molecule has 0 fully saturated rings. The highest BCUT2D eigenvalue weighted by molar-refractivity contribution is 7.80. The number of thiocarbonyl (C=S) groups is 1. The minimum atomic E-state index is -0.422. The second-order valence-electron chi connectivity index (χ2n) is 8.11. The summed E-state index contributed by atoms with van der Waals surface area (Å²) >= 11 is 5.36. The first-order chi connectivity index (χ1) is 16.3. The third-order valence-electron chi connectivity index (χ3n) is 5.15. The summed E-state index contributed by atoms with van der Waals surface area (Å²) in [6, 6.07) is 21.6. The Morgan fingerprint density at radius 2 is 1.74 bits per heavy atom. The highest BCUT2D eigenvalue weighted by Gasteiger charge is 2.12. The first kappa shape index (κ1) is 23.2. The topological polar surface area (TPSA) is 80.6 Å². The Kier molecular flexibility index (Phi) is 6.75. The third kappa shape index (κ3) is 5.32. The summed E-state index contributed by atoms with van der Waals surface area (Å²) < 4.78 is 11.1. The average Bonchev–Trinajstić information content (AvgIpc) is 2.80. The van der Waals surface area contributed by atoms with Gasteiger partial charge in [0, 0.05) is 16.6 Å². The molecular formula is C27H24N2O4S. The maximum Gasteiger partial charge on any atom is 0.344 e. The monoisotopic (exact) mass is 472 g/mol. The van der Waals surface area contributed by atoms with Gasteiger partial charge in [-0.1, -0.05) is 30.3 Å². The van der Waals surface area contributed by atoms with Gasteiger partial charge in [0.1, 0.15) is 11.3 Å². The molecular weight excluding hydrogens is 448 g/mol. The number of hydrogen-bond donors (Lipinski definition) is 2. The Hall–Kier alpha value is -3.97. The smallest absolute Gasteiger partial charge is 0.344 e. The molecule has 0 unspecified atom stereocenters. The summed E-state index contributed by atoms with van der Waals surface area (Å²) in [6.45, 7) is 5.79. The van der Waals surface area contributed by atoms with Gasteiger partial charge in [-0.3, -0.25) is 10.1 Å². The number of benzene rings is 3. The van der Waals surface area contributed by atoms with Gasteiger partial charge in [0.05, 0.1) is 11.7 Å². The van der Waals surface area contributed by atoms with Crippen LogP contribution in [0.5, 0.6) is 5.75 Å². The van der Waals surface area contributed by atoms with Gasteiger partial charge in [-0.05, 0) is 86.6 Å². The van der Waals surface area contributed by atoms with Crippen molar-refractivity contribution in [2.45, 2.75) is 26.9 Å². The van der Waals surface area contributed by atoms with Crippen LogP contribution in [0.1, 0.15) is 29.8 Å². The van der Waals surface area contributed by atoms with Crippen molar-refractivity contribution in [1.82, 2.24) is 5.32 Å². The van der Waals surface area contributed by atoms with E-state index in [0.29, 0.717) is 33.7 Å². The molecule has 4 aromatic rings. The van der Waals surface area contributed by atoms with Crippen molar-refractivity contribution in [3.8, 4) is 16.9 Å². The normalized spacial score (nSPS) is 10.8. The maximum absolute atomic E-state index is 12.6. The molecule has 0 radical (unpaired) electrons. The molecule has 0 saturated carbocycles. The van der Waals surface area contributed by atoms with E-state index in [-0.39, 0.29) is 17.1 Å². The van der Waals surface area contributed by atoms with Crippen LogP contribution in [-0.4, -0.2) is 17.1 Å². The predicted octanol–water partition coefficient (Wildman–Crippen LogP) is 5.68. The van der Waals surface area contributed by atoms with Gasteiger partial charge in [0.25, 0.3) is 5.91 Å². The minimum Gasteiger partial charge on any atom is -0.491 e. The minimum absolute atomic E-state index is 0.0523. The number of rotatable bonds is 5. The molecule has 4 rings (SSSR count). The molecule has 0 aliphatic heterocycles. The molecule has 172 valence electrons. The Morgan fingerprint density at radius 1 is 1.00 bits per heavy atom. The molecule has 0 spiro atoms. The highest BCUT2D eigenvalue weighted by atomic mass is 32.1. The highest BCUT2D eigenvalue weighted by Crippen LogP contribution is 2.26. The summed E-state index contributed by atoms with van der Waals surface area (Å²) in [7, 11) is 0. The van der Waals surface area contributed by atoms with Gasteiger partial charge in [-0.15, -0.1) is 0 Å². The van der Waals surface area contributed by atoms with E-state index in [1.807, 2.05) is 63.2 Å². The number of amides is 1. The molecule has 1 amide bonds. The average molecular weight is 473 g/mol. The molecule has 34 heavy (non-hydrogen) atoms. The van der Waals surface area contributed by atoms with E-state index in [0.717, 1.165) is 10.9 Å². The summed E-state index contributed by atoms with van der Waals surface area (Å²) in [5.41, 5.74) is 3.28. The van der Waals surface area contributed by atoms with Gasteiger partial charge >= 0.3 is 5.63 Å². The molecule has 0 aliphatic carbocycles. The lowest BCUT2D eigenvalue weighted by atomic mass is 10.0. The number of ether oxygens (including phenoxy) is 1. The number of hydrogen-bond acceptors (Lipinski definition) is 5. The quantitative estimate of drug-likeness (QED) is 0.287. The summed E-state index contributed by atoms with van der Waals surface area (Å²) in [6.07, 6.45) is 0.0523. The van der Waals surface area contributed by atoms with E-state index in [4.69, 9.17) is 21.4 Å². The second kappa shape index (κ2) is 9.89. The zero-order valence-electron chi connectivity index (χ0n) is 19.0. The molecule has 3 aromatic carbocycles. The molecule has 2 N–H and O–H groups in total. The molecule has 0 aliphatic rings. The lowest BCUT2D eigenvalue weighted by Gasteiger charge is -2.14. The van der Waals surface area contributed by atoms with Crippen LogP contribution >= 0.6 is 12.2 Å². The molecule has 7 heteroatoms. The van der Waals surface area contributed by atoms with Crippen molar-refractivity contribution in [1.29, 1.82) is 0 Å². The van der Waals surface area contributed by atoms with Crippen molar-refractivity contribution < 1.29 is 13.9 Å². The van der Waals surface area contributed by atoms with Crippen LogP contribution in [0.15, 0.2) is 82.0 Å². The number of carbonyl (C=O) groups excluding carboxylic acids is 1. The standard InChI is InChI=1S/C27H24N2O4S/c1-16(2)32-21-12-10-18(11-13-21)25(30)29-27(34)28-23-15-19(9-8-17(23)3)22-14-20-6-4-5-7-24(20)33-26(22)31/h4-16H,1-3H3,(H2,28,29,30,34). The van der Waals surface area contributed by atoms with Gasteiger partial charge in [0.2, 0.25) is 0 Å². The van der Waals surface area contributed by atoms with E-state index >= 15 is 0 Å². The van der Waals surface area contributed by atoms with E-state index in [9.17, 15) is 9.59 Å². The summed E-state index contributed by atoms with van der Waals surface area (Å²) in [5, 5.41) is 6.73. The molecule has 6 nitrogen and oxygen atoms in total. The lowest BCUT2D eigenvalue weighted by Crippen LogP contribution is -2.34. The largest absolute Gasteiger partial charge is 0.491 e. The molecule has 0 bridgehead atoms. The van der Waals surface area contributed by atoms with Gasteiger partial charge in [-0.2, -0.15) is 0 Å². The molecule has 1 heterocycles. The zero-order chi connectivity index (χ0) is 24.2. The summed E-state index contributed by atoms with van der Waals surface area (Å²) in [4.78, 5) is 25.1. The Morgan fingerprint density at radius 3 is 2.47 bits per heavy atom. The van der Waals surface area contributed by atoms with Crippen molar-refractivity contribution in [2.24, 2.45) is 0 Å². The molecule has 1 aromatic heterocycles. The number of para-hydroxylation sites is 1. The number of nitrogens with one attached hydrogen (secondary N) is 2. The van der Waals surface area contributed by atoms with E-state index in [1.165, 1.54) is 0 Å². The lowest BCUT2D eigenvalue weighted by molar-refractivity contribution is 0.0977. The first-order valence-electron chi connectivity index (χ1n) is 10.8. The van der Waals surface area contributed by atoms with E-state index in [1.54, 1.807) is 30.3 Å². The van der Waals surface area contributed by atoms with E-state index < -0.39 is 5.63 Å². The van der Waals surface area contributed by atoms with Crippen LogP contribution in [0, 0.1) is 6.92 Å². The van der Waals surface area contributed by atoms with Crippen molar-refractivity contribution in [3.05, 3.63) is 94.3 Å². The van der Waals surface area contributed by atoms with Crippen LogP contribution in [0.4, 0.5) is 5.69 Å². The summed E-state index contributed by atoms with van der Waals surface area (Å²) in [5.74, 6) is 0.357. The van der Waals surface area contributed by atoms with Gasteiger partial charge in [0.15, 0.2) is 5.11 Å². The Labute approximate surface area is 202 Å².